The first-order valence-corrected chi connectivity index (χ1v) is 8.46. The summed E-state index contributed by atoms with van der Waals surface area (Å²) >= 11 is 0. The molecule has 0 spiro atoms. The van der Waals surface area contributed by atoms with E-state index >= 15 is 0 Å². The van der Waals surface area contributed by atoms with Gasteiger partial charge in [-0.15, -0.1) is 0 Å². The van der Waals surface area contributed by atoms with E-state index in [1.54, 1.807) is 19.1 Å². The first-order chi connectivity index (χ1) is 12.3. The number of methoxy groups -OCH3 is 1. The number of nitrogens with zero attached hydrogens (tertiary/aromatic N) is 1. The number of alkyl halides is 3. The fraction of sp³-hybridized carbons (Fsp3) is 0.381. The third-order valence-corrected chi connectivity index (χ3v) is 2.81. The van der Waals surface area contributed by atoms with Gasteiger partial charge in [0.1, 0.15) is 5.75 Å². The summed E-state index contributed by atoms with van der Waals surface area (Å²) in [5.41, 5.74) is 1.70. The second-order valence-corrected chi connectivity index (χ2v) is 4.68. The van der Waals surface area contributed by atoms with Crippen molar-refractivity contribution < 1.29 is 17.9 Å². The topological polar surface area (TPSA) is 33.0 Å². The normalized spacial score (nSPS) is 9.12. The molecule has 5 heteroatoms. The zero-order valence-corrected chi connectivity index (χ0v) is 16.5. The molecule has 0 aliphatic carbocycles. The van der Waals surface area contributed by atoms with Gasteiger partial charge in [-0.05, 0) is 43.7 Å². The lowest BCUT2D eigenvalue weighted by Crippen LogP contribution is -2.07. The summed E-state index contributed by atoms with van der Waals surface area (Å²) in [5, 5.41) is 8.41. The van der Waals surface area contributed by atoms with Crippen molar-refractivity contribution >= 4 is 0 Å². The summed E-state index contributed by atoms with van der Waals surface area (Å²) in [4.78, 5) is 0. The predicted molar refractivity (Wildman–Crippen MR) is 101 cm³/mol. The van der Waals surface area contributed by atoms with E-state index in [-0.39, 0.29) is 5.75 Å². The van der Waals surface area contributed by atoms with E-state index in [9.17, 15) is 13.2 Å². The first kappa shape index (κ1) is 25.8. The molecule has 0 aliphatic heterocycles. The van der Waals surface area contributed by atoms with E-state index in [0.29, 0.717) is 5.56 Å². The van der Waals surface area contributed by atoms with E-state index in [1.165, 1.54) is 13.2 Å². The standard InChI is InChI=1S/C9H9F3O.C8H7N.2C2H6/c1-6-3-4-8(13-2)7(5-6)9(10,11)12;1-7-3-2-4-8(5-7)6-9;2*1-2/h3-5H,1-2H3;2-5H,1H3;2*1-2H3. The molecule has 0 aromatic heterocycles. The molecule has 26 heavy (non-hydrogen) atoms. The summed E-state index contributed by atoms with van der Waals surface area (Å²) < 4.78 is 41.6. The van der Waals surface area contributed by atoms with Crippen molar-refractivity contribution in [3.63, 3.8) is 0 Å². The minimum Gasteiger partial charge on any atom is -0.496 e. The molecule has 0 unspecified atom stereocenters. The van der Waals surface area contributed by atoms with Crippen molar-refractivity contribution in [1.29, 1.82) is 5.26 Å². The van der Waals surface area contributed by atoms with Crippen LogP contribution in [0.4, 0.5) is 13.2 Å². The lowest BCUT2D eigenvalue weighted by atomic mass is 10.1. The molecule has 0 amide bonds. The molecule has 0 N–H and O–H groups in total. The van der Waals surface area contributed by atoms with Crippen LogP contribution >= 0.6 is 0 Å². The number of hydrogen-bond donors (Lipinski definition) is 0. The van der Waals surface area contributed by atoms with Crippen molar-refractivity contribution in [1.82, 2.24) is 0 Å². The van der Waals surface area contributed by atoms with Gasteiger partial charge in [0.2, 0.25) is 0 Å². The Kier molecular flexibility index (Phi) is 13.6. The smallest absolute Gasteiger partial charge is 0.419 e. The number of ether oxygens (including phenoxy) is 1. The first-order valence-electron chi connectivity index (χ1n) is 8.46. The minimum atomic E-state index is -4.35. The van der Waals surface area contributed by atoms with Crippen molar-refractivity contribution in [3.8, 4) is 11.8 Å². The van der Waals surface area contributed by atoms with Crippen molar-refractivity contribution in [2.45, 2.75) is 47.7 Å². The SMILES string of the molecule is CC.CC.COc1ccc(C)cc1C(F)(F)F.Cc1cccc(C#N)c1. The van der Waals surface area contributed by atoms with Crippen molar-refractivity contribution in [2.24, 2.45) is 0 Å². The average Bonchev–Trinajstić information content (AvgIpc) is 2.65. The number of hydrogen-bond acceptors (Lipinski definition) is 2. The van der Waals surface area contributed by atoms with E-state index < -0.39 is 11.7 Å². The quantitative estimate of drug-likeness (QED) is 0.547. The van der Waals surface area contributed by atoms with Gasteiger partial charge in [0.25, 0.3) is 0 Å². The number of benzene rings is 2. The highest BCUT2D eigenvalue weighted by Gasteiger charge is 2.34. The summed E-state index contributed by atoms with van der Waals surface area (Å²) in [5.74, 6) is -0.141. The van der Waals surface area contributed by atoms with Gasteiger partial charge >= 0.3 is 6.18 Å². The summed E-state index contributed by atoms with van der Waals surface area (Å²) in [7, 11) is 1.22. The van der Waals surface area contributed by atoms with E-state index in [4.69, 9.17) is 5.26 Å². The Morgan fingerprint density at radius 3 is 1.81 bits per heavy atom. The number of aryl methyl sites for hydroxylation is 2. The maximum absolute atomic E-state index is 12.3. The molecule has 0 fully saturated rings. The Balaban J connectivity index is 0. The highest BCUT2D eigenvalue weighted by molar-refractivity contribution is 5.38. The monoisotopic (exact) mass is 367 g/mol. The molecule has 0 saturated heterocycles. The van der Waals surface area contributed by atoms with Crippen LogP contribution in [0.15, 0.2) is 42.5 Å². The van der Waals surface area contributed by atoms with Crippen LogP contribution in [0.2, 0.25) is 0 Å². The highest BCUT2D eigenvalue weighted by Crippen LogP contribution is 2.36. The average molecular weight is 367 g/mol. The fourth-order valence-corrected chi connectivity index (χ4v) is 1.76. The molecular weight excluding hydrogens is 339 g/mol. The van der Waals surface area contributed by atoms with Crippen LogP contribution in [0.3, 0.4) is 0 Å². The summed E-state index contributed by atoms with van der Waals surface area (Å²) in [6.07, 6.45) is -4.35. The lowest BCUT2D eigenvalue weighted by molar-refractivity contribution is -0.138. The van der Waals surface area contributed by atoms with Gasteiger partial charge in [0.15, 0.2) is 0 Å². The van der Waals surface area contributed by atoms with Gasteiger partial charge < -0.3 is 4.74 Å². The Morgan fingerprint density at radius 2 is 1.42 bits per heavy atom. The maximum Gasteiger partial charge on any atom is 0.419 e. The molecule has 144 valence electrons. The van der Waals surface area contributed by atoms with Crippen LogP contribution in [0.5, 0.6) is 5.75 Å². The molecular formula is C21H28F3NO. The summed E-state index contributed by atoms with van der Waals surface area (Å²) in [6, 6.07) is 13.5. The largest absolute Gasteiger partial charge is 0.496 e. The molecule has 2 aromatic rings. The zero-order chi connectivity index (χ0) is 20.8. The Bertz CT molecular complexity index is 674. The van der Waals surface area contributed by atoms with E-state index in [2.05, 4.69) is 10.8 Å². The van der Waals surface area contributed by atoms with Crippen molar-refractivity contribution in [2.75, 3.05) is 7.11 Å². The van der Waals surface area contributed by atoms with Gasteiger partial charge in [-0.1, -0.05) is 51.5 Å². The number of halogens is 3. The van der Waals surface area contributed by atoms with Gasteiger partial charge in [0.05, 0.1) is 24.3 Å². The van der Waals surface area contributed by atoms with E-state index in [0.717, 1.165) is 17.2 Å². The fourth-order valence-electron chi connectivity index (χ4n) is 1.76. The molecule has 0 aliphatic rings. The maximum atomic E-state index is 12.3. The molecule has 0 heterocycles. The lowest BCUT2D eigenvalue weighted by Gasteiger charge is -2.11. The predicted octanol–water partition coefficient (Wildman–Crippen LogP) is 6.94. The van der Waals surface area contributed by atoms with Gasteiger partial charge in [0, 0.05) is 0 Å². The van der Waals surface area contributed by atoms with Gasteiger partial charge in [-0.25, -0.2) is 0 Å². The number of rotatable bonds is 1. The second kappa shape index (κ2) is 13.8. The van der Waals surface area contributed by atoms with Gasteiger partial charge in [-0.3, -0.25) is 0 Å². The molecule has 0 radical (unpaired) electrons. The van der Waals surface area contributed by atoms with Crippen LogP contribution < -0.4 is 4.74 Å². The zero-order valence-electron chi connectivity index (χ0n) is 16.5. The molecule has 0 atom stereocenters. The Morgan fingerprint density at radius 1 is 0.885 bits per heavy atom. The van der Waals surface area contributed by atoms with Crippen LogP contribution in [-0.2, 0) is 6.18 Å². The number of nitriles is 1. The molecule has 0 bridgehead atoms. The molecule has 2 aromatic carbocycles. The van der Waals surface area contributed by atoms with Crippen LogP contribution in [0, 0.1) is 25.2 Å². The third-order valence-electron chi connectivity index (χ3n) is 2.81. The highest BCUT2D eigenvalue weighted by atomic mass is 19.4. The minimum absolute atomic E-state index is 0.141. The molecule has 2 nitrogen and oxygen atoms in total. The Labute approximate surface area is 155 Å². The Hall–Kier alpha value is -2.48. The third kappa shape index (κ3) is 9.73. The van der Waals surface area contributed by atoms with Crippen LogP contribution in [0.1, 0.15) is 49.9 Å². The molecule has 2 rings (SSSR count). The second-order valence-electron chi connectivity index (χ2n) is 4.68. The van der Waals surface area contributed by atoms with E-state index in [1.807, 2.05) is 52.8 Å². The van der Waals surface area contributed by atoms with Crippen LogP contribution in [0.25, 0.3) is 0 Å². The summed E-state index contributed by atoms with van der Waals surface area (Å²) in [6.45, 7) is 11.6. The van der Waals surface area contributed by atoms with Crippen LogP contribution in [-0.4, -0.2) is 7.11 Å². The van der Waals surface area contributed by atoms with Crippen molar-refractivity contribution in [3.05, 3.63) is 64.7 Å². The van der Waals surface area contributed by atoms with Gasteiger partial charge in [-0.2, -0.15) is 18.4 Å². The molecule has 0 saturated carbocycles.